The second kappa shape index (κ2) is 6.16. The number of anilines is 1. The van der Waals surface area contributed by atoms with Crippen molar-refractivity contribution in [2.75, 3.05) is 5.43 Å². The van der Waals surface area contributed by atoms with E-state index in [0.717, 1.165) is 5.69 Å². The van der Waals surface area contributed by atoms with Crippen molar-refractivity contribution in [3.63, 3.8) is 0 Å². The first kappa shape index (κ1) is 14.0. The van der Waals surface area contributed by atoms with Gasteiger partial charge in [-0.25, -0.2) is 4.79 Å². The van der Waals surface area contributed by atoms with Gasteiger partial charge in [-0.15, -0.1) is 0 Å². The van der Waals surface area contributed by atoms with Crippen LogP contribution in [0.15, 0.2) is 47.7 Å². The molecule has 1 heterocycles. The van der Waals surface area contributed by atoms with Gasteiger partial charge in [0.2, 0.25) is 0 Å². The number of carboxylic acid groups (broad SMARTS) is 1. The third kappa shape index (κ3) is 3.33. The third-order valence-electron chi connectivity index (χ3n) is 2.59. The van der Waals surface area contributed by atoms with Crippen LogP contribution in [-0.2, 0) is 0 Å². The summed E-state index contributed by atoms with van der Waals surface area (Å²) in [5.41, 5.74) is 4.80. The van der Waals surface area contributed by atoms with Crippen molar-refractivity contribution in [1.29, 1.82) is 0 Å². The van der Waals surface area contributed by atoms with E-state index in [1.807, 2.05) is 25.1 Å². The zero-order valence-electron chi connectivity index (χ0n) is 10.7. The molecule has 0 radical (unpaired) electrons. The second-order valence-electron chi connectivity index (χ2n) is 4.02. The van der Waals surface area contributed by atoms with E-state index in [-0.39, 0.29) is 10.6 Å². The maximum Gasteiger partial charge on any atom is 0.337 e. The smallest absolute Gasteiger partial charge is 0.337 e. The fourth-order valence-electron chi connectivity index (χ4n) is 1.54. The lowest BCUT2D eigenvalue weighted by Gasteiger charge is -2.05. The number of carboxylic acids is 1. The van der Waals surface area contributed by atoms with Crippen molar-refractivity contribution in [2.45, 2.75) is 6.92 Å². The van der Waals surface area contributed by atoms with Gasteiger partial charge in [-0.05, 0) is 37.3 Å². The Morgan fingerprint density at radius 3 is 2.80 bits per heavy atom. The van der Waals surface area contributed by atoms with Gasteiger partial charge in [0.1, 0.15) is 0 Å². The summed E-state index contributed by atoms with van der Waals surface area (Å²) in [4.78, 5) is 15.1. The van der Waals surface area contributed by atoms with Crippen LogP contribution >= 0.6 is 11.6 Å². The van der Waals surface area contributed by atoms with Crippen LogP contribution < -0.4 is 5.43 Å². The topological polar surface area (TPSA) is 74.6 Å². The van der Waals surface area contributed by atoms with Gasteiger partial charge in [0, 0.05) is 6.20 Å². The van der Waals surface area contributed by atoms with Gasteiger partial charge >= 0.3 is 5.97 Å². The largest absolute Gasteiger partial charge is 0.478 e. The number of halogens is 1. The van der Waals surface area contributed by atoms with Crippen LogP contribution in [0.1, 0.15) is 23.0 Å². The summed E-state index contributed by atoms with van der Waals surface area (Å²) < 4.78 is 0. The number of hydrogen-bond donors (Lipinski definition) is 2. The Labute approximate surface area is 120 Å². The predicted molar refractivity (Wildman–Crippen MR) is 78.5 cm³/mol. The van der Waals surface area contributed by atoms with Crippen LogP contribution in [0.25, 0.3) is 0 Å². The Kier molecular flexibility index (Phi) is 4.32. The number of aromatic carboxylic acids is 1. The highest BCUT2D eigenvalue weighted by molar-refractivity contribution is 6.33. The Morgan fingerprint density at radius 2 is 2.15 bits per heavy atom. The highest BCUT2D eigenvalue weighted by atomic mass is 35.5. The number of hydrogen-bond acceptors (Lipinski definition) is 4. The molecule has 0 aliphatic heterocycles. The van der Waals surface area contributed by atoms with Gasteiger partial charge < -0.3 is 5.11 Å². The van der Waals surface area contributed by atoms with E-state index in [2.05, 4.69) is 15.5 Å². The van der Waals surface area contributed by atoms with Crippen LogP contribution in [0.5, 0.6) is 0 Å². The Hall–Kier alpha value is -2.40. The standard InChI is InChI=1S/C14H12ClN3O2/c1-9(13-4-2-3-7-16-13)17-18-10-5-6-12(15)11(8-10)14(19)20/h2-8,18H,1H3,(H,19,20). The number of carbonyl (C=O) groups is 1. The van der Waals surface area contributed by atoms with E-state index >= 15 is 0 Å². The van der Waals surface area contributed by atoms with Crippen molar-refractivity contribution in [3.05, 3.63) is 58.9 Å². The summed E-state index contributed by atoms with van der Waals surface area (Å²) >= 11 is 5.80. The van der Waals surface area contributed by atoms with Gasteiger partial charge in [-0.2, -0.15) is 5.10 Å². The van der Waals surface area contributed by atoms with Gasteiger partial charge in [0.25, 0.3) is 0 Å². The van der Waals surface area contributed by atoms with Crippen molar-refractivity contribution < 1.29 is 9.90 Å². The molecule has 0 aliphatic carbocycles. The van der Waals surface area contributed by atoms with Gasteiger partial charge in [0.05, 0.1) is 27.7 Å². The Bertz CT molecular complexity index is 657. The molecule has 0 aliphatic rings. The Balaban J connectivity index is 2.19. The van der Waals surface area contributed by atoms with Crippen molar-refractivity contribution in [1.82, 2.24) is 4.98 Å². The molecule has 1 aromatic carbocycles. The van der Waals surface area contributed by atoms with Gasteiger partial charge in [-0.1, -0.05) is 17.7 Å². The summed E-state index contributed by atoms with van der Waals surface area (Å²) in [6, 6.07) is 10.1. The highest BCUT2D eigenvalue weighted by Crippen LogP contribution is 2.20. The maximum atomic E-state index is 11.0. The molecule has 0 saturated heterocycles. The minimum atomic E-state index is -1.08. The SMILES string of the molecule is CC(=NNc1ccc(Cl)c(C(=O)O)c1)c1ccccn1. The van der Waals surface area contributed by atoms with Crippen LogP contribution in [0, 0.1) is 0 Å². The number of aromatic nitrogens is 1. The zero-order valence-corrected chi connectivity index (χ0v) is 11.4. The highest BCUT2D eigenvalue weighted by Gasteiger charge is 2.09. The van der Waals surface area contributed by atoms with Crippen LogP contribution in [0.4, 0.5) is 5.69 Å². The molecule has 2 aromatic rings. The maximum absolute atomic E-state index is 11.0. The number of nitrogens with one attached hydrogen (secondary N) is 1. The zero-order chi connectivity index (χ0) is 14.5. The fraction of sp³-hybridized carbons (Fsp3) is 0.0714. The molecule has 0 bridgehead atoms. The van der Waals surface area contributed by atoms with Crippen molar-refractivity contribution >= 4 is 29.0 Å². The van der Waals surface area contributed by atoms with E-state index in [4.69, 9.17) is 16.7 Å². The summed E-state index contributed by atoms with van der Waals surface area (Å²) in [6.45, 7) is 1.81. The molecule has 0 unspecified atom stereocenters. The predicted octanol–water partition coefficient (Wildman–Crippen LogP) is 3.27. The molecule has 6 heteroatoms. The van der Waals surface area contributed by atoms with Crippen LogP contribution in [-0.4, -0.2) is 21.8 Å². The first-order chi connectivity index (χ1) is 9.58. The normalized spacial score (nSPS) is 11.2. The van der Waals surface area contributed by atoms with Gasteiger partial charge in [0.15, 0.2) is 0 Å². The van der Waals surface area contributed by atoms with Crippen molar-refractivity contribution in [3.8, 4) is 0 Å². The number of hydrazone groups is 1. The molecule has 1 aromatic heterocycles. The van der Waals surface area contributed by atoms with Gasteiger partial charge in [-0.3, -0.25) is 10.4 Å². The minimum absolute atomic E-state index is 0.0300. The molecule has 102 valence electrons. The van der Waals surface area contributed by atoms with Crippen LogP contribution in [0.3, 0.4) is 0 Å². The quantitative estimate of drug-likeness (QED) is 0.669. The van der Waals surface area contributed by atoms with E-state index in [1.54, 1.807) is 12.3 Å². The fourth-order valence-corrected chi connectivity index (χ4v) is 1.74. The molecule has 0 saturated carbocycles. The average molecular weight is 290 g/mol. The second-order valence-corrected chi connectivity index (χ2v) is 4.43. The molecule has 2 N–H and O–H groups in total. The van der Waals surface area contributed by atoms with Crippen LogP contribution in [0.2, 0.25) is 5.02 Å². The number of nitrogens with zero attached hydrogens (tertiary/aromatic N) is 2. The molecule has 5 nitrogen and oxygen atoms in total. The van der Waals surface area contributed by atoms with E-state index in [1.165, 1.54) is 12.1 Å². The third-order valence-corrected chi connectivity index (χ3v) is 2.91. The van der Waals surface area contributed by atoms with E-state index < -0.39 is 5.97 Å². The number of pyridine rings is 1. The van der Waals surface area contributed by atoms with E-state index in [9.17, 15) is 4.79 Å². The number of rotatable bonds is 4. The average Bonchev–Trinajstić information content (AvgIpc) is 2.46. The molecule has 0 amide bonds. The molecule has 0 atom stereocenters. The minimum Gasteiger partial charge on any atom is -0.478 e. The lowest BCUT2D eigenvalue weighted by molar-refractivity contribution is 0.0697. The summed E-state index contributed by atoms with van der Waals surface area (Å²) in [6.07, 6.45) is 1.68. The first-order valence-corrected chi connectivity index (χ1v) is 6.20. The Morgan fingerprint density at radius 1 is 1.35 bits per heavy atom. The monoisotopic (exact) mass is 289 g/mol. The summed E-state index contributed by atoms with van der Waals surface area (Å²) in [5, 5.41) is 13.3. The lowest BCUT2D eigenvalue weighted by Crippen LogP contribution is -2.03. The summed E-state index contributed by atoms with van der Waals surface area (Å²) in [5.74, 6) is -1.08. The molecular weight excluding hydrogens is 278 g/mol. The summed E-state index contributed by atoms with van der Waals surface area (Å²) in [7, 11) is 0. The van der Waals surface area contributed by atoms with Crippen molar-refractivity contribution in [2.24, 2.45) is 5.10 Å². The first-order valence-electron chi connectivity index (χ1n) is 5.82. The molecule has 2 rings (SSSR count). The number of benzene rings is 1. The van der Waals surface area contributed by atoms with E-state index in [0.29, 0.717) is 11.4 Å². The molecule has 0 spiro atoms. The lowest BCUT2D eigenvalue weighted by atomic mass is 10.2. The molecule has 0 fully saturated rings. The molecular formula is C14H12ClN3O2. The molecule has 20 heavy (non-hydrogen) atoms.